The zero-order valence-corrected chi connectivity index (χ0v) is 13.5. The van der Waals surface area contributed by atoms with E-state index in [9.17, 15) is 8.42 Å². The molecular formula is C13H21N3O2S2. The van der Waals surface area contributed by atoms with E-state index in [1.54, 1.807) is 34.4 Å². The van der Waals surface area contributed by atoms with Crippen molar-refractivity contribution in [3.63, 3.8) is 0 Å². The topological polar surface area (TPSA) is 62.3 Å². The van der Waals surface area contributed by atoms with Crippen LogP contribution in [0.1, 0.15) is 20.3 Å². The number of pyridine rings is 1. The molecule has 112 valence electrons. The average Bonchev–Trinajstić information content (AvgIpc) is 2.45. The highest BCUT2D eigenvalue weighted by Crippen LogP contribution is 2.25. The zero-order valence-electron chi connectivity index (χ0n) is 11.9. The minimum absolute atomic E-state index is 0.0407. The highest BCUT2D eigenvalue weighted by Gasteiger charge is 2.31. The normalized spacial score (nSPS) is 20.8. The van der Waals surface area contributed by atoms with Gasteiger partial charge in [-0.3, -0.25) is 0 Å². The largest absolute Gasteiger partial charge is 0.370 e. The summed E-state index contributed by atoms with van der Waals surface area (Å²) in [6.45, 7) is 5.38. The van der Waals surface area contributed by atoms with E-state index in [2.05, 4.69) is 17.2 Å². The molecule has 2 heterocycles. The van der Waals surface area contributed by atoms with Gasteiger partial charge in [-0.2, -0.15) is 16.1 Å². The Labute approximate surface area is 125 Å². The number of nitrogens with zero attached hydrogens (tertiary/aromatic N) is 2. The van der Waals surface area contributed by atoms with Gasteiger partial charge in [0.2, 0.25) is 10.0 Å². The summed E-state index contributed by atoms with van der Waals surface area (Å²) in [5.74, 6) is 2.33. The molecule has 0 aliphatic carbocycles. The Hall–Kier alpha value is -0.790. The summed E-state index contributed by atoms with van der Waals surface area (Å²) in [5.41, 5.74) is 0. The van der Waals surface area contributed by atoms with E-state index in [-0.39, 0.29) is 6.04 Å². The summed E-state index contributed by atoms with van der Waals surface area (Å²) < 4.78 is 27.0. The third-order valence-electron chi connectivity index (χ3n) is 3.20. The molecule has 0 bridgehead atoms. The lowest BCUT2D eigenvalue weighted by Crippen LogP contribution is -2.44. The minimum Gasteiger partial charge on any atom is -0.370 e. The number of aromatic nitrogens is 1. The van der Waals surface area contributed by atoms with Crippen LogP contribution in [0.15, 0.2) is 23.2 Å². The molecule has 0 radical (unpaired) electrons. The van der Waals surface area contributed by atoms with Gasteiger partial charge in [0.25, 0.3) is 0 Å². The van der Waals surface area contributed by atoms with E-state index in [0.29, 0.717) is 17.3 Å². The number of hydrogen-bond donors (Lipinski definition) is 1. The molecule has 1 aromatic heterocycles. The Morgan fingerprint density at radius 2 is 2.35 bits per heavy atom. The van der Waals surface area contributed by atoms with Crippen LogP contribution in [0, 0.1) is 0 Å². The Morgan fingerprint density at radius 3 is 3.05 bits per heavy atom. The van der Waals surface area contributed by atoms with Crippen LogP contribution in [0.5, 0.6) is 0 Å². The van der Waals surface area contributed by atoms with Crippen LogP contribution in [0.25, 0.3) is 0 Å². The molecule has 0 saturated carbocycles. The highest BCUT2D eigenvalue weighted by atomic mass is 32.2. The first-order valence-electron chi connectivity index (χ1n) is 6.85. The van der Waals surface area contributed by atoms with E-state index >= 15 is 0 Å². The van der Waals surface area contributed by atoms with E-state index in [1.807, 2.05) is 6.92 Å². The van der Waals surface area contributed by atoms with Crippen LogP contribution >= 0.6 is 11.8 Å². The van der Waals surface area contributed by atoms with E-state index in [1.165, 1.54) is 0 Å². The smallest absolute Gasteiger partial charge is 0.243 e. The second-order valence-corrected chi connectivity index (χ2v) is 7.88. The molecule has 7 heteroatoms. The van der Waals surface area contributed by atoms with Gasteiger partial charge in [0.05, 0.1) is 4.90 Å². The summed E-state index contributed by atoms with van der Waals surface area (Å²) >= 11 is 1.80. The molecule has 20 heavy (non-hydrogen) atoms. The molecule has 1 aliphatic heterocycles. The van der Waals surface area contributed by atoms with Crippen molar-refractivity contribution in [1.82, 2.24) is 9.29 Å². The Balaban J connectivity index is 2.24. The third-order valence-corrected chi connectivity index (χ3v) is 6.40. The molecule has 1 N–H and O–H groups in total. The summed E-state index contributed by atoms with van der Waals surface area (Å²) in [7, 11) is -3.42. The maximum absolute atomic E-state index is 12.7. The maximum atomic E-state index is 12.7. The van der Waals surface area contributed by atoms with Crippen LogP contribution in [0.4, 0.5) is 5.82 Å². The first-order valence-corrected chi connectivity index (χ1v) is 9.44. The fraction of sp³-hybridized carbons (Fsp3) is 0.615. The zero-order chi connectivity index (χ0) is 14.6. The average molecular weight is 315 g/mol. The van der Waals surface area contributed by atoms with E-state index < -0.39 is 10.0 Å². The van der Waals surface area contributed by atoms with Gasteiger partial charge >= 0.3 is 0 Å². The molecule has 0 aromatic carbocycles. The van der Waals surface area contributed by atoms with Crippen LogP contribution in [-0.4, -0.2) is 48.3 Å². The first kappa shape index (κ1) is 15.6. The number of thioether (sulfide) groups is 1. The minimum atomic E-state index is -3.42. The number of anilines is 1. The fourth-order valence-electron chi connectivity index (χ4n) is 2.13. The molecule has 1 fully saturated rings. The standard InChI is InChI=1S/C13H21N3O2S2/c1-3-5-14-13-9-12(4-6-15-13)20(17,18)16-7-8-19-10-11(16)2/h4,6,9,11H,3,5,7-8,10H2,1-2H3,(H,14,15). The van der Waals surface area contributed by atoms with E-state index in [0.717, 1.165) is 24.5 Å². The highest BCUT2D eigenvalue weighted by molar-refractivity contribution is 7.99. The van der Waals surface area contributed by atoms with Gasteiger partial charge in [-0.1, -0.05) is 6.92 Å². The fourth-order valence-corrected chi connectivity index (χ4v) is 4.99. The number of rotatable bonds is 5. The second kappa shape index (κ2) is 6.78. The quantitative estimate of drug-likeness (QED) is 0.901. The molecule has 5 nitrogen and oxygen atoms in total. The molecule has 1 aliphatic rings. The van der Waals surface area contributed by atoms with Gasteiger partial charge in [-0.25, -0.2) is 13.4 Å². The maximum Gasteiger partial charge on any atom is 0.243 e. The van der Waals surface area contributed by atoms with Crippen molar-refractivity contribution in [1.29, 1.82) is 0 Å². The van der Waals surface area contributed by atoms with Crippen LogP contribution in [0.3, 0.4) is 0 Å². The summed E-state index contributed by atoms with van der Waals surface area (Å²) in [6, 6.07) is 3.24. The molecule has 0 spiro atoms. The van der Waals surface area contributed by atoms with Crippen LogP contribution in [0.2, 0.25) is 0 Å². The molecule has 0 amide bonds. The number of nitrogens with one attached hydrogen (secondary N) is 1. The molecule has 1 aromatic rings. The van der Waals surface area contributed by atoms with Crippen molar-refractivity contribution in [3.05, 3.63) is 18.3 Å². The lowest BCUT2D eigenvalue weighted by molar-refractivity contribution is 0.367. The number of sulfonamides is 1. The predicted molar refractivity (Wildman–Crippen MR) is 83.7 cm³/mol. The summed E-state index contributed by atoms with van der Waals surface area (Å²) in [5, 5.41) is 3.12. The van der Waals surface area contributed by atoms with Crippen molar-refractivity contribution in [2.24, 2.45) is 0 Å². The Morgan fingerprint density at radius 1 is 1.55 bits per heavy atom. The molecule has 1 saturated heterocycles. The lowest BCUT2D eigenvalue weighted by Gasteiger charge is -2.31. The molecule has 1 unspecified atom stereocenters. The molecule has 1 atom stereocenters. The monoisotopic (exact) mass is 315 g/mol. The van der Waals surface area contributed by atoms with Gasteiger partial charge in [0, 0.05) is 42.9 Å². The van der Waals surface area contributed by atoms with Gasteiger partial charge in [-0.05, 0) is 19.4 Å². The Bertz CT molecular complexity index is 548. The van der Waals surface area contributed by atoms with E-state index in [4.69, 9.17) is 0 Å². The van der Waals surface area contributed by atoms with Crippen molar-refractivity contribution in [3.8, 4) is 0 Å². The van der Waals surface area contributed by atoms with Crippen molar-refractivity contribution in [2.75, 3.05) is 29.9 Å². The van der Waals surface area contributed by atoms with Gasteiger partial charge < -0.3 is 5.32 Å². The van der Waals surface area contributed by atoms with Crippen molar-refractivity contribution >= 4 is 27.6 Å². The SMILES string of the molecule is CCCNc1cc(S(=O)(=O)N2CCSCC2C)ccn1. The molecular weight excluding hydrogens is 294 g/mol. The van der Waals surface area contributed by atoms with Gasteiger partial charge in [0.15, 0.2) is 0 Å². The van der Waals surface area contributed by atoms with Gasteiger partial charge in [-0.15, -0.1) is 0 Å². The first-order chi connectivity index (χ1) is 9.55. The lowest BCUT2D eigenvalue weighted by atomic mass is 10.4. The Kier molecular flexibility index (Phi) is 5.29. The van der Waals surface area contributed by atoms with Gasteiger partial charge in [0.1, 0.15) is 5.82 Å². The third kappa shape index (κ3) is 3.45. The van der Waals surface area contributed by atoms with Crippen LogP contribution in [-0.2, 0) is 10.0 Å². The predicted octanol–water partition coefficient (Wildman–Crippen LogP) is 2.03. The molecule has 2 rings (SSSR count). The van der Waals surface area contributed by atoms with Crippen molar-refractivity contribution in [2.45, 2.75) is 31.2 Å². The second-order valence-electron chi connectivity index (χ2n) is 4.84. The number of hydrogen-bond acceptors (Lipinski definition) is 5. The summed E-state index contributed by atoms with van der Waals surface area (Å²) in [6.07, 6.45) is 2.52. The van der Waals surface area contributed by atoms with Crippen molar-refractivity contribution < 1.29 is 8.42 Å². The summed E-state index contributed by atoms with van der Waals surface area (Å²) in [4.78, 5) is 4.48. The van der Waals surface area contributed by atoms with Crippen LogP contribution < -0.4 is 5.32 Å².